The molecule has 0 spiro atoms. The number of rotatable bonds is 4. The van der Waals surface area contributed by atoms with Crippen molar-refractivity contribution in [2.24, 2.45) is 11.8 Å². The number of benzene rings is 1. The van der Waals surface area contributed by atoms with Crippen LogP contribution in [0.3, 0.4) is 0 Å². The minimum absolute atomic E-state index is 0.0807. The summed E-state index contributed by atoms with van der Waals surface area (Å²) in [6.45, 7) is 4.15. The Morgan fingerprint density at radius 1 is 1.40 bits per heavy atom. The van der Waals surface area contributed by atoms with Crippen molar-refractivity contribution in [2.75, 3.05) is 7.11 Å². The van der Waals surface area contributed by atoms with Gasteiger partial charge >= 0.3 is 0 Å². The van der Waals surface area contributed by atoms with Gasteiger partial charge in [0.25, 0.3) is 0 Å². The average Bonchev–Trinajstić information content (AvgIpc) is 2.25. The van der Waals surface area contributed by atoms with E-state index < -0.39 is 0 Å². The van der Waals surface area contributed by atoms with Crippen LogP contribution in [0.15, 0.2) is 24.3 Å². The molecule has 0 aromatic heterocycles. The van der Waals surface area contributed by atoms with Gasteiger partial charge in [-0.3, -0.25) is 0 Å². The van der Waals surface area contributed by atoms with Crippen molar-refractivity contribution in [1.29, 1.82) is 5.26 Å². The van der Waals surface area contributed by atoms with E-state index in [0.717, 1.165) is 17.7 Å². The van der Waals surface area contributed by atoms with E-state index in [0.29, 0.717) is 5.92 Å². The summed E-state index contributed by atoms with van der Waals surface area (Å²) in [6, 6.07) is 10.3. The van der Waals surface area contributed by atoms with E-state index in [-0.39, 0.29) is 5.92 Å². The number of nitriles is 1. The molecule has 0 heterocycles. The lowest BCUT2D eigenvalue weighted by Crippen LogP contribution is -2.09. The zero-order chi connectivity index (χ0) is 11.3. The Kier molecular flexibility index (Phi) is 4.17. The van der Waals surface area contributed by atoms with E-state index in [1.165, 1.54) is 0 Å². The van der Waals surface area contributed by atoms with E-state index >= 15 is 0 Å². The topological polar surface area (TPSA) is 33.0 Å². The van der Waals surface area contributed by atoms with Gasteiger partial charge in [0.1, 0.15) is 5.75 Å². The lowest BCUT2D eigenvalue weighted by atomic mass is 9.90. The maximum atomic E-state index is 9.00. The molecule has 1 aromatic rings. The zero-order valence-electron chi connectivity index (χ0n) is 9.53. The summed E-state index contributed by atoms with van der Waals surface area (Å²) < 4.78 is 5.15. The fraction of sp³-hybridized carbons (Fsp3) is 0.462. The molecule has 1 aromatic carbocycles. The van der Waals surface area contributed by atoms with Crippen LogP contribution in [0.5, 0.6) is 5.75 Å². The van der Waals surface area contributed by atoms with Crippen molar-refractivity contribution in [3.8, 4) is 11.8 Å². The highest BCUT2D eigenvalue weighted by Crippen LogP contribution is 2.19. The highest BCUT2D eigenvalue weighted by molar-refractivity contribution is 5.29. The molecule has 0 saturated carbocycles. The van der Waals surface area contributed by atoms with E-state index in [4.69, 9.17) is 10.00 Å². The van der Waals surface area contributed by atoms with Gasteiger partial charge < -0.3 is 4.74 Å². The fourth-order valence-electron chi connectivity index (χ4n) is 1.48. The minimum atomic E-state index is 0.0807. The van der Waals surface area contributed by atoms with Gasteiger partial charge in [-0.05, 0) is 30.0 Å². The predicted molar refractivity (Wildman–Crippen MR) is 60.6 cm³/mol. The van der Waals surface area contributed by atoms with Crippen LogP contribution in [0.25, 0.3) is 0 Å². The van der Waals surface area contributed by atoms with Gasteiger partial charge in [-0.25, -0.2) is 0 Å². The van der Waals surface area contributed by atoms with Crippen molar-refractivity contribution in [3.63, 3.8) is 0 Å². The first-order chi connectivity index (χ1) is 7.17. The molecule has 1 rings (SSSR count). The first-order valence-electron chi connectivity index (χ1n) is 5.20. The van der Waals surface area contributed by atoms with Crippen molar-refractivity contribution >= 4 is 0 Å². The Labute approximate surface area is 91.5 Å². The molecule has 0 amide bonds. The monoisotopic (exact) mass is 203 g/mol. The normalized spacial score (nSPS) is 12.2. The Bertz CT molecular complexity index is 352. The summed E-state index contributed by atoms with van der Waals surface area (Å²) in [4.78, 5) is 0. The number of hydrogen-bond donors (Lipinski definition) is 0. The highest BCUT2D eigenvalue weighted by Gasteiger charge is 2.13. The lowest BCUT2D eigenvalue weighted by molar-refractivity contribution is 0.413. The van der Waals surface area contributed by atoms with Crippen LogP contribution in [0, 0.1) is 23.2 Å². The smallest absolute Gasteiger partial charge is 0.119 e. The quantitative estimate of drug-likeness (QED) is 0.753. The Balaban J connectivity index is 2.75. The van der Waals surface area contributed by atoms with Crippen LogP contribution in [0.4, 0.5) is 0 Å². The predicted octanol–water partition coefficient (Wildman–Crippen LogP) is 3.03. The zero-order valence-corrected chi connectivity index (χ0v) is 9.53. The minimum Gasteiger partial charge on any atom is -0.497 e. The van der Waals surface area contributed by atoms with Gasteiger partial charge in [-0.15, -0.1) is 0 Å². The number of nitrogens with zero attached hydrogens (tertiary/aromatic N) is 1. The Hall–Kier alpha value is -1.49. The molecule has 80 valence electrons. The fourth-order valence-corrected chi connectivity index (χ4v) is 1.48. The first-order valence-corrected chi connectivity index (χ1v) is 5.20. The third-order valence-electron chi connectivity index (χ3n) is 2.56. The molecule has 0 aliphatic carbocycles. The van der Waals surface area contributed by atoms with Crippen LogP contribution in [0.1, 0.15) is 19.4 Å². The Morgan fingerprint density at radius 3 is 2.67 bits per heavy atom. The molecule has 15 heavy (non-hydrogen) atoms. The average molecular weight is 203 g/mol. The van der Waals surface area contributed by atoms with Crippen LogP contribution >= 0.6 is 0 Å². The van der Waals surface area contributed by atoms with Crippen molar-refractivity contribution < 1.29 is 4.74 Å². The van der Waals surface area contributed by atoms with Crippen LogP contribution in [0.2, 0.25) is 0 Å². The largest absolute Gasteiger partial charge is 0.497 e. The summed E-state index contributed by atoms with van der Waals surface area (Å²) in [5, 5.41) is 9.00. The van der Waals surface area contributed by atoms with Crippen molar-refractivity contribution in [3.05, 3.63) is 29.8 Å². The van der Waals surface area contributed by atoms with Crippen molar-refractivity contribution in [2.45, 2.75) is 20.3 Å². The second kappa shape index (κ2) is 5.41. The summed E-state index contributed by atoms with van der Waals surface area (Å²) in [7, 11) is 1.66. The maximum absolute atomic E-state index is 9.00. The molecule has 0 saturated heterocycles. The van der Waals surface area contributed by atoms with E-state index in [2.05, 4.69) is 19.9 Å². The molecule has 0 fully saturated rings. The van der Waals surface area contributed by atoms with E-state index in [1.807, 2.05) is 24.3 Å². The first kappa shape index (κ1) is 11.6. The van der Waals surface area contributed by atoms with Gasteiger partial charge in [0.05, 0.1) is 19.1 Å². The molecular formula is C13H17NO. The lowest BCUT2D eigenvalue weighted by Gasteiger charge is -2.13. The summed E-state index contributed by atoms with van der Waals surface area (Å²) in [5.41, 5.74) is 1.16. The van der Waals surface area contributed by atoms with Gasteiger partial charge in [0, 0.05) is 0 Å². The summed E-state index contributed by atoms with van der Waals surface area (Å²) >= 11 is 0. The number of hydrogen-bond acceptors (Lipinski definition) is 2. The molecule has 2 heteroatoms. The molecular weight excluding hydrogens is 186 g/mol. The van der Waals surface area contributed by atoms with E-state index in [9.17, 15) is 0 Å². The second-order valence-electron chi connectivity index (χ2n) is 4.04. The van der Waals surface area contributed by atoms with Crippen LogP contribution in [-0.4, -0.2) is 7.11 Å². The molecule has 2 nitrogen and oxygen atoms in total. The summed E-state index contributed by atoms with van der Waals surface area (Å²) in [5.74, 6) is 1.33. The molecule has 0 bridgehead atoms. The molecule has 0 aliphatic heterocycles. The highest BCUT2D eigenvalue weighted by atomic mass is 16.5. The maximum Gasteiger partial charge on any atom is 0.119 e. The summed E-state index contributed by atoms with van der Waals surface area (Å²) in [6.07, 6.45) is 0.797. The standard InChI is InChI=1S/C13H17NO/c1-10(2)12(9-14)7-11-5-4-6-13(8-11)15-3/h4-6,8,10,12H,7H2,1-3H3. The molecule has 1 unspecified atom stereocenters. The van der Waals surface area contributed by atoms with Gasteiger partial charge in [0.2, 0.25) is 0 Å². The van der Waals surface area contributed by atoms with Gasteiger partial charge in [0.15, 0.2) is 0 Å². The molecule has 0 N–H and O–H groups in total. The number of ether oxygens (including phenoxy) is 1. The SMILES string of the molecule is COc1cccc(CC(C#N)C(C)C)c1. The number of methoxy groups -OCH3 is 1. The van der Waals surface area contributed by atoms with Gasteiger partial charge in [-0.2, -0.15) is 5.26 Å². The van der Waals surface area contributed by atoms with Crippen LogP contribution in [-0.2, 0) is 6.42 Å². The van der Waals surface area contributed by atoms with Gasteiger partial charge in [-0.1, -0.05) is 26.0 Å². The second-order valence-corrected chi connectivity index (χ2v) is 4.04. The third-order valence-corrected chi connectivity index (χ3v) is 2.56. The van der Waals surface area contributed by atoms with Crippen molar-refractivity contribution in [1.82, 2.24) is 0 Å². The van der Waals surface area contributed by atoms with E-state index in [1.54, 1.807) is 7.11 Å². The molecule has 0 aliphatic rings. The molecule has 1 atom stereocenters. The third kappa shape index (κ3) is 3.28. The Morgan fingerprint density at radius 2 is 2.13 bits per heavy atom. The molecule has 0 radical (unpaired) electrons. The van der Waals surface area contributed by atoms with Crippen LogP contribution < -0.4 is 4.74 Å².